The van der Waals surface area contributed by atoms with Crippen molar-refractivity contribution < 1.29 is 4.79 Å². The van der Waals surface area contributed by atoms with Gasteiger partial charge < -0.3 is 10.6 Å². The Morgan fingerprint density at radius 2 is 2.11 bits per heavy atom. The molecule has 2 heterocycles. The summed E-state index contributed by atoms with van der Waals surface area (Å²) in [6.45, 7) is 5.18. The molecule has 19 heavy (non-hydrogen) atoms. The normalized spacial score (nSPS) is 10.4. The Balaban J connectivity index is 1.74. The SMILES string of the molecule is CCc1nc(CNC(=O)NCc2sccc2C)cs1. The molecule has 0 aliphatic carbocycles. The van der Waals surface area contributed by atoms with Crippen LogP contribution in [-0.2, 0) is 19.5 Å². The molecule has 0 aliphatic rings. The van der Waals surface area contributed by atoms with Crippen molar-refractivity contribution in [2.45, 2.75) is 33.4 Å². The highest BCUT2D eigenvalue weighted by Gasteiger charge is 2.05. The van der Waals surface area contributed by atoms with Gasteiger partial charge in [0.05, 0.1) is 23.8 Å². The Morgan fingerprint density at radius 3 is 2.74 bits per heavy atom. The molecule has 0 spiro atoms. The van der Waals surface area contributed by atoms with Gasteiger partial charge in [0.1, 0.15) is 0 Å². The zero-order valence-corrected chi connectivity index (χ0v) is 12.7. The van der Waals surface area contributed by atoms with E-state index in [4.69, 9.17) is 0 Å². The summed E-state index contributed by atoms with van der Waals surface area (Å²) >= 11 is 3.29. The summed E-state index contributed by atoms with van der Waals surface area (Å²) in [5.41, 5.74) is 2.14. The van der Waals surface area contributed by atoms with E-state index >= 15 is 0 Å². The van der Waals surface area contributed by atoms with Crippen LogP contribution in [0.2, 0.25) is 0 Å². The summed E-state index contributed by atoms with van der Waals surface area (Å²) in [5, 5.41) is 10.8. The number of aryl methyl sites for hydroxylation is 2. The van der Waals surface area contributed by atoms with Gasteiger partial charge in [-0.3, -0.25) is 0 Å². The number of hydrogen-bond donors (Lipinski definition) is 2. The lowest BCUT2D eigenvalue weighted by atomic mass is 10.3. The topological polar surface area (TPSA) is 54.0 Å². The Kier molecular flexibility index (Phi) is 4.93. The summed E-state index contributed by atoms with van der Waals surface area (Å²) < 4.78 is 0. The van der Waals surface area contributed by atoms with E-state index < -0.39 is 0 Å². The summed E-state index contributed by atoms with van der Waals surface area (Å²) in [6, 6.07) is 1.90. The number of aromatic nitrogens is 1. The van der Waals surface area contributed by atoms with Gasteiger partial charge in [-0.2, -0.15) is 0 Å². The molecule has 2 aromatic heterocycles. The number of thiophene rings is 1. The fourth-order valence-corrected chi connectivity index (χ4v) is 3.16. The molecule has 0 saturated carbocycles. The third-order valence-electron chi connectivity index (χ3n) is 2.71. The second-order valence-corrected chi connectivity index (χ2v) is 6.09. The predicted octanol–water partition coefficient (Wildman–Crippen LogP) is 3.07. The van der Waals surface area contributed by atoms with Crippen LogP contribution < -0.4 is 10.6 Å². The van der Waals surface area contributed by atoms with E-state index in [1.54, 1.807) is 22.7 Å². The first-order chi connectivity index (χ1) is 9.19. The van der Waals surface area contributed by atoms with Crippen LogP contribution in [0, 0.1) is 6.92 Å². The van der Waals surface area contributed by atoms with Crippen LogP contribution >= 0.6 is 22.7 Å². The first-order valence-electron chi connectivity index (χ1n) is 6.17. The Hall–Kier alpha value is -1.40. The van der Waals surface area contributed by atoms with Crippen LogP contribution in [0.15, 0.2) is 16.8 Å². The third kappa shape index (κ3) is 4.04. The zero-order chi connectivity index (χ0) is 13.7. The standard InChI is InChI=1S/C13H17N3OS2/c1-3-12-16-10(8-19-12)6-14-13(17)15-7-11-9(2)4-5-18-11/h4-5,8H,3,6-7H2,1-2H3,(H2,14,15,17). The fraction of sp³-hybridized carbons (Fsp3) is 0.385. The van der Waals surface area contributed by atoms with E-state index in [0.717, 1.165) is 17.1 Å². The molecule has 2 aromatic rings. The van der Waals surface area contributed by atoms with Gasteiger partial charge in [-0.1, -0.05) is 6.92 Å². The van der Waals surface area contributed by atoms with Gasteiger partial charge in [0.25, 0.3) is 0 Å². The van der Waals surface area contributed by atoms with Crippen LogP contribution in [0.4, 0.5) is 4.79 Å². The first-order valence-corrected chi connectivity index (χ1v) is 7.93. The third-order valence-corrected chi connectivity index (χ3v) is 4.77. The average molecular weight is 295 g/mol. The molecule has 0 aliphatic heterocycles. The number of urea groups is 1. The van der Waals surface area contributed by atoms with E-state index in [2.05, 4.69) is 28.6 Å². The van der Waals surface area contributed by atoms with Gasteiger partial charge >= 0.3 is 6.03 Å². The van der Waals surface area contributed by atoms with Gasteiger partial charge in [-0.25, -0.2) is 9.78 Å². The molecule has 102 valence electrons. The van der Waals surface area contributed by atoms with E-state index in [-0.39, 0.29) is 6.03 Å². The molecule has 0 saturated heterocycles. The van der Waals surface area contributed by atoms with Crippen molar-refractivity contribution in [1.29, 1.82) is 0 Å². The largest absolute Gasteiger partial charge is 0.333 e. The lowest BCUT2D eigenvalue weighted by molar-refractivity contribution is 0.240. The minimum atomic E-state index is -0.154. The molecule has 0 fully saturated rings. The van der Waals surface area contributed by atoms with Crippen molar-refractivity contribution in [2.24, 2.45) is 0 Å². The number of hydrogen-bond acceptors (Lipinski definition) is 4. The molecular formula is C13H17N3OS2. The summed E-state index contributed by atoms with van der Waals surface area (Å²) in [5.74, 6) is 0. The highest BCUT2D eigenvalue weighted by Crippen LogP contribution is 2.14. The molecule has 2 N–H and O–H groups in total. The van der Waals surface area contributed by atoms with Crippen molar-refractivity contribution in [1.82, 2.24) is 15.6 Å². The van der Waals surface area contributed by atoms with Crippen molar-refractivity contribution in [3.8, 4) is 0 Å². The zero-order valence-electron chi connectivity index (χ0n) is 11.0. The summed E-state index contributed by atoms with van der Waals surface area (Å²) in [4.78, 5) is 17.3. The van der Waals surface area contributed by atoms with Crippen molar-refractivity contribution in [2.75, 3.05) is 0 Å². The van der Waals surface area contributed by atoms with Gasteiger partial charge in [0, 0.05) is 10.3 Å². The maximum Gasteiger partial charge on any atom is 0.315 e. The molecule has 0 radical (unpaired) electrons. The monoisotopic (exact) mass is 295 g/mol. The highest BCUT2D eigenvalue weighted by atomic mass is 32.1. The quantitative estimate of drug-likeness (QED) is 0.890. The van der Waals surface area contributed by atoms with Crippen LogP contribution in [0.1, 0.15) is 28.1 Å². The van der Waals surface area contributed by atoms with Gasteiger partial charge in [0.2, 0.25) is 0 Å². The lowest BCUT2D eigenvalue weighted by Gasteiger charge is -2.06. The number of amides is 2. The van der Waals surface area contributed by atoms with Crippen molar-refractivity contribution in [3.05, 3.63) is 38.0 Å². The Morgan fingerprint density at radius 1 is 1.32 bits per heavy atom. The maximum absolute atomic E-state index is 11.7. The van der Waals surface area contributed by atoms with Gasteiger partial charge in [-0.15, -0.1) is 22.7 Å². The van der Waals surface area contributed by atoms with Crippen LogP contribution in [-0.4, -0.2) is 11.0 Å². The number of carbonyl (C=O) groups excluding carboxylic acids is 1. The summed E-state index contributed by atoms with van der Waals surface area (Å²) in [6.07, 6.45) is 0.939. The molecular weight excluding hydrogens is 278 g/mol. The summed E-state index contributed by atoms with van der Waals surface area (Å²) in [7, 11) is 0. The van der Waals surface area contributed by atoms with Gasteiger partial charge in [-0.05, 0) is 30.4 Å². The van der Waals surface area contributed by atoms with E-state index in [1.165, 1.54) is 10.4 Å². The minimum Gasteiger partial charge on any atom is -0.333 e. The number of nitrogens with one attached hydrogen (secondary N) is 2. The second-order valence-electron chi connectivity index (χ2n) is 4.15. The molecule has 4 nitrogen and oxygen atoms in total. The van der Waals surface area contributed by atoms with E-state index in [0.29, 0.717) is 13.1 Å². The van der Waals surface area contributed by atoms with E-state index in [1.807, 2.05) is 17.7 Å². The number of carbonyl (C=O) groups is 1. The Bertz CT molecular complexity index is 548. The van der Waals surface area contributed by atoms with Crippen molar-refractivity contribution in [3.63, 3.8) is 0 Å². The molecule has 0 atom stereocenters. The smallest absolute Gasteiger partial charge is 0.315 e. The predicted molar refractivity (Wildman–Crippen MR) is 79.6 cm³/mol. The number of rotatable bonds is 5. The molecule has 2 amide bonds. The first kappa shape index (κ1) is 14.0. The maximum atomic E-state index is 11.7. The van der Waals surface area contributed by atoms with Gasteiger partial charge in [0.15, 0.2) is 0 Å². The second kappa shape index (κ2) is 6.68. The van der Waals surface area contributed by atoms with Crippen molar-refractivity contribution >= 4 is 28.7 Å². The van der Waals surface area contributed by atoms with Crippen LogP contribution in [0.25, 0.3) is 0 Å². The Labute approximate surface area is 120 Å². The number of thiazole rings is 1. The minimum absolute atomic E-state index is 0.154. The fourth-order valence-electron chi connectivity index (χ4n) is 1.57. The molecule has 0 aromatic carbocycles. The molecule has 0 unspecified atom stereocenters. The van der Waals surface area contributed by atoms with E-state index in [9.17, 15) is 4.79 Å². The number of nitrogens with zero attached hydrogens (tertiary/aromatic N) is 1. The highest BCUT2D eigenvalue weighted by molar-refractivity contribution is 7.10. The molecule has 0 bridgehead atoms. The molecule has 6 heteroatoms. The van der Waals surface area contributed by atoms with Crippen LogP contribution in [0.3, 0.4) is 0 Å². The molecule has 2 rings (SSSR count). The lowest BCUT2D eigenvalue weighted by Crippen LogP contribution is -2.34. The average Bonchev–Trinajstić information content (AvgIpc) is 3.02. The van der Waals surface area contributed by atoms with Crippen LogP contribution in [0.5, 0.6) is 0 Å².